The van der Waals surface area contributed by atoms with Gasteiger partial charge in [-0.05, 0) is 0 Å². The molecule has 2 bridgehead atoms. The highest BCUT2D eigenvalue weighted by Crippen LogP contribution is 2.17. The SMILES string of the molecule is NC1=N[C@H]2C[C@@H](N1)[C@@H](C(=O)O)N2. The zero-order valence-corrected chi connectivity index (χ0v) is 6.32. The highest BCUT2D eigenvalue weighted by atomic mass is 16.4. The maximum Gasteiger partial charge on any atom is 0.322 e. The zero-order valence-electron chi connectivity index (χ0n) is 6.32. The fraction of sp³-hybridized carbons (Fsp3) is 0.667. The van der Waals surface area contributed by atoms with Gasteiger partial charge in [-0.25, -0.2) is 4.99 Å². The van der Waals surface area contributed by atoms with Crippen LogP contribution in [0.5, 0.6) is 0 Å². The molecule has 0 aromatic rings. The predicted molar refractivity (Wildman–Crippen MR) is 41.5 cm³/mol. The molecule has 0 spiro atoms. The van der Waals surface area contributed by atoms with Gasteiger partial charge in [0, 0.05) is 6.42 Å². The molecule has 2 aliphatic rings. The van der Waals surface area contributed by atoms with Crippen molar-refractivity contribution in [3.05, 3.63) is 0 Å². The minimum Gasteiger partial charge on any atom is -0.480 e. The number of nitrogens with two attached hydrogens (primary N) is 1. The lowest BCUT2D eigenvalue weighted by Crippen LogP contribution is -2.49. The number of carboxylic acids is 1. The Morgan fingerprint density at radius 3 is 3.17 bits per heavy atom. The predicted octanol–water partition coefficient (Wildman–Crippen LogP) is -1.95. The molecule has 0 aliphatic carbocycles. The van der Waals surface area contributed by atoms with Crippen molar-refractivity contribution in [2.75, 3.05) is 0 Å². The topological polar surface area (TPSA) is 99.7 Å². The zero-order chi connectivity index (χ0) is 8.72. The molecular formula is C6H10N4O2. The van der Waals surface area contributed by atoms with E-state index in [1.807, 2.05) is 0 Å². The first-order valence-electron chi connectivity index (χ1n) is 3.75. The Morgan fingerprint density at radius 1 is 1.75 bits per heavy atom. The molecule has 6 nitrogen and oxygen atoms in total. The monoisotopic (exact) mass is 170 g/mol. The van der Waals surface area contributed by atoms with Gasteiger partial charge in [0.05, 0.1) is 6.04 Å². The Balaban J connectivity index is 2.16. The normalized spacial score (nSPS) is 38.7. The van der Waals surface area contributed by atoms with Crippen LogP contribution >= 0.6 is 0 Å². The van der Waals surface area contributed by atoms with Crippen LogP contribution in [0, 0.1) is 0 Å². The third-order valence-corrected chi connectivity index (χ3v) is 2.15. The van der Waals surface area contributed by atoms with Crippen LogP contribution < -0.4 is 16.4 Å². The third-order valence-electron chi connectivity index (χ3n) is 2.15. The Hall–Kier alpha value is -1.30. The molecule has 2 heterocycles. The van der Waals surface area contributed by atoms with E-state index in [0.717, 1.165) is 0 Å². The summed E-state index contributed by atoms with van der Waals surface area (Å²) in [5, 5.41) is 14.4. The van der Waals surface area contributed by atoms with E-state index in [2.05, 4.69) is 15.6 Å². The Morgan fingerprint density at radius 2 is 2.50 bits per heavy atom. The Bertz CT molecular complexity index is 252. The second-order valence-electron chi connectivity index (χ2n) is 3.00. The van der Waals surface area contributed by atoms with Crippen molar-refractivity contribution in [2.45, 2.75) is 24.7 Å². The van der Waals surface area contributed by atoms with Crippen LogP contribution in [-0.4, -0.2) is 35.3 Å². The fourth-order valence-corrected chi connectivity index (χ4v) is 1.64. The standard InChI is InChI=1S/C6H10N4O2/c7-6-8-2-1-3(10-6)9-4(2)5(11)12/h2-4,9H,1H2,(H,11,12)(H3,7,8,10)/t2-,3+,4+/m1/s1. The second kappa shape index (κ2) is 2.34. The van der Waals surface area contributed by atoms with Crippen molar-refractivity contribution in [2.24, 2.45) is 10.7 Å². The molecule has 0 aromatic heterocycles. The van der Waals surface area contributed by atoms with Gasteiger partial charge in [0.25, 0.3) is 0 Å². The summed E-state index contributed by atoms with van der Waals surface area (Å²) in [6, 6.07) is -0.690. The van der Waals surface area contributed by atoms with Gasteiger partial charge in [-0.1, -0.05) is 0 Å². The molecular weight excluding hydrogens is 160 g/mol. The molecule has 0 saturated carbocycles. The van der Waals surface area contributed by atoms with Crippen LogP contribution in [0.3, 0.4) is 0 Å². The maximum atomic E-state index is 10.7. The van der Waals surface area contributed by atoms with Crippen LogP contribution in [0.4, 0.5) is 0 Å². The summed E-state index contributed by atoms with van der Waals surface area (Å²) in [5.41, 5.74) is 5.42. The second-order valence-corrected chi connectivity index (χ2v) is 3.00. The summed E-state index contributed by atoms with van der Waals surface area (Å²) in [6.07, 6.45) is 0.565. The molecule has 2 rings (SSSR count). The van der Waals surface area contributed by atoms with Crippen molar-refractivity contribution >= 4 is 11.9 Å². The number of nitrogens with zero attached hydrogens (tertiary/aromatic N) is 1. The summed E-state index contributed by atoms with van der Waals surface area (Å²) >= 11 is 0. The van der Waals surface area contributed by atoms with Gasteiger partial charge < -0.3 is 16.2 Å². The summed E-state index contributed by atoms with van der Waals surface area (Å²) < 4.78 is 0. The van der Waals surface area contributed by atoms with Gasteiger partial charge in [-0.15, -0.1) is 0 Å². The van der Waals surface area contributed by atoms with E-state index in [-0.39, 0.29) is 12.2 Å². The lowest BCUT2D eigenvalue weighted by atomic mass is 10.1. The molecule has 5 N–H and O–H groups in total. The first kappa shape index (κ1) is 7.35. The number of guanidine groups is 1. The molecule has 1 fully saturated rings. The fourth-order valence-electron chi connectivity index (χ4n) is 1.64. The molecule has 6 heteroatoms. The number of aliphatic carboxylic acids is 1. The molecule has 0 radical (unpaired) electrons. The van der Waals surface area contributed by atoms with Gasteiger partial charge in [-0.2, -0.15) is 0 Å². The molecule has 66 valence electrons. The summed E-state index contributed by atoms with van der Waals surface area (Å²) in [4.78, 5) is 14.6. The molecule has 1 saturated heterocycles. The first-order chi connectivity index (χ1) is 5.66. The number of fused-ring (bicyclic) bond motifs is 2. The van der Waals surface area contributed by atoms with Crippen molar-refractivity contribution in [3.8, 4) is 0 Å². The lowest BCUT2D eigenvalue weighted by molar-refractivity contribution is -0.139. The maximum absolute atomic E-state index is 10.7. The van der Waals surface area contributed by atoms with Crippen molar-refractivity contribution in [1.29, 1.82) is 0 Å². The van der Waals surface area contributed by atoms with Gasteiger partial charge in [0.2, 0.25) is 0 Å². The van der Waals surface area contributed by atoms with Crippen molar-refractivity contribution in [3.63, 3.8) is 0 Å². The van der Waals surface area contributed by atoms with E-state index in [1.165, 1.54) is 0 Å². The molecule has 0 amide bonds. The van der Waals surface area contributed by atoms with Crippen LogP contribution in [0.1, 0.15) is 6.42 Å². The van der Waals surface area contributed by atoms with Crippen LogP contribution in [0.2, 0.25) is 0 Å². The largest absolute Gasteiger partial charge is 0.480 e. The van der Waals surface area contributed by atoms with Crippen LogP contribution in [-0.2, 0) is 4.79 Å². The van der Waals surface area contributed by atoms with E-state index in [1.54, 1.807) is 0 Å². The number of rotatable bonds is 1. The summed E-state index contributed by atoms with van der Waals surface area (Å²) in [5.74, 6) is -0.535. The highest BCUT2D eigenvalue weighted by molar-refractivity contribution is 5.82. The van der Waals surface area contributed by atoms with Gasteiger partial charge in [0.1, 0.15) is 12.2 Å². The minimum atomic E-state index is -0.861. The number of aliphatic imine (C=N–C) groups is 1. The average molecular weight is 170 g/mol. The number of carbonyl (C=O) groups is 1. The van der Waals surface area contributed by atoms with Gasteiger partial charge >= 0.3 is 5.97 Å². The average Bonchev–Trinajstić information content (AvgIpc) is 2.26. The van der Waals surface area contributed by atoms with Gasteiger partial charge in [-0.3, -0.25) is 10.1 Å². The number of hydrogen-bond acceptors (Lipinski definition) is 5. The van der Waals surface area contributed by atoms with Crippen molar-refractivity contribution < 1.29 is 9.90 Å². The summed E-state index contributed by atoms with van der Waals surface area (Å²) in [7, 11) is 0. The number of carboxylic acid groups (broad SMARTS) is 1. The molecule has 3 atom stereocenters. The summed E-state index contributed by atoms with van der Waals surface area (Å²) in [6.45, 7) is 0. The highest BCUT2D eigenvalue weighted by Gasteiger charge is 2.41. The molecule has 0 aromatic carbocycles. The Labute approximate surface area is 68.8 Å². The molecule has 0 unspecified atom stereocenters. The lowest BCUT2D eigenvalue weighted by Gasteiger charge is -2.18. The van der Waals surface area contributed by atoms with E-state index in [0.29, 0.717) is 12.4 Å². The van der Waals surface area contributed by atoms with E-state index in [4.69, 9.17) is 10.8 Å². The first-order valence-corrected chi connectivity index (χ1v) is 3.75. The molecule has 2 aliphatic heterocycles. The Kier molecular flexibility index (Phi) is 1.44. The number of nitrogens with one attached hydrogen (secondary N) is 2. The smallest absolute Gasteiger partial charge is 0.322 e. The quantitative estimate of drug-likeness (QED) is 0.366. The van der Waals surface area contributed by atoms with E-state index < -0.39 is 12.0 Å². The third kappa shape index (κ3) is 1.00. The van der Waals surface area contributed by atoms with E-state index in [9.17, 15) is 4.79 Å². The molecule has 12 heavy (non-hydrogen) atoms. The van der Waals surface area contributed by atoms with Crippen LogP contribution in [0.15, 0.2) is 4.99 Å². The van der Waals surface area contributed by atoms with E-state index >= 15 is 0 Å². The van der Waals surface area contributed by atoms with Crippen molar-refractivity contribution in [1.82, 2.24) is 10.6 Å². The van der Waals surface area contributed by atoms with Gasteiger partial charge in [0.15, 0.2) is 5.96 Å². The minimum absolute atomic E-state index is 0.120. The number of hydrogen-bond donors (Lipinski definition) is 4. The van der Waals surface area contributed by atoms with Crippen LogP contribution in [0.25, 0.3) is 0 Å².